The number of rotatable bonds is 8. The summed E-state index contributed by atoms with van der Waals surface area (Å²) in [7, 11) is 0. The number of nitrogens with zero attached hydrogens (tertiary/aromatic N) is 2. The lowest BCUT2D eigenvalue weighted by molar-refractivity contribution is 0.122. The first kappa shape index (κ1) is 17.8. The Labute approximate surface area is 150 Å². The fourth-order valence-corrected chi connectivity index (χ4v) is 3.22. The summed E-state index contributed by atoms with van der Waals surface area (Å²) >= 11 is 0. The minimum absolute atomic E-state index is 0.328. The highest BCUT2D eigenvalue weighted by Crippen LogP contribution is 2.19. The van der Waals surface area contributed by atoms with E-state index < -0.39 is 0 Å². The van der Waals surface area contributed by atoms with Gasteiger partial charge in [0.15, 0.2) is 0 Å². The maximum atomic E-state index is 9.38. The van der Waals surface area contributed by atoms with Crippen molar-refractivity contribution in [3.63, 3.8) is 0 Å². The largest absolute Gasteiger partial charge is 0.508 e. The topological polar surface area (TPSA) is 35.9 Å². The monoisotopic (exact) mass is 340 g/mol. The van der Waals surface area contributed by atoms with Crippen LogP contribution in [0.25, 0.3) is 0 Å². The molecule has 0 spiro atoms. The maximum Gasteiger partial charge on any atom is 0.115 e. The predicted molar refractivity (Wildman–Crippen MR) is 102 cm³/mol. The maximum absolute atomic E-state index is 9.38. The summed E-state index contributed by atoms with van der Waals surface area (Å²) in [6.07, 6.45) is 2.08. The number of ether oxygens (including phenoxy) is 1. The highest BCUT2D eigenvalue weighted by atomic mass is 16.5. The highest BCUT2D eigenvalue weighted by Gasteiger charge is 2.16. The van der Waals surface area contributed by atoms with Crippen LogP contribution in [0.5, 0.6) is 5.75 Å². The molecule has 2 aromatic rings. The molecule has 4 heteroatoms. The van der Waals surface area contributed by atoms with Crippen molar-refractivity contribution in [2.75, 3.05) is 50.8 Å². The molecular formula is C21H28N2O2. The van der Waals surface area contributed by atoms with E-state index >= 15 is 0 Å². The molecule has 1 aliphatic heterocycles. The van der Waals surface area contributed by atoms with Crippen LogP contribution in [0.1, 0.15) is 12.0 Å². The van der Waals surface area contributed by atoms with E-state index in [9.17, 15) is 5.11 Å². The average molecular weight is 340 g/mol. The molecule has 25 heavy (non-hydrogen) atoms. The van der Waals surface area contributed by atoms with Crippen LogP contribution in [0.15, 0.2) is 54.6 Å². The molecule has 134 valence electrons. The van der Waals surface area contributed by atoms with E-state index in [-0.39, 0.29) is 0 Å². The molecule has 1 heterocycles. The summed E-state index contributed by atoms with van der Waals surface area (Å²) in [6.45, 7) is 7.01. The van der Waals surface area contributed by atoms with Crippen molar-refractivity contribution in [1.82, 2.24) is 4.90 Å². The number of phenols is 1. The normalized spacial score (nSPS) is 15.4. The number of piperazine rings is 1. The number of aromatic hydroxyl groups is 1. The summed E-state index contributed by atoms with van der Waals surface area (Å²) < 4.78 is 5.77. The SMILES string of the molecule is Oc1ccc(N2CCN(CCCOCCc3ccccc3)CC2)cc1. The van der Waals surface area contributed by atoms with Crippen LogP contribution < -0.4 is 4.90 Å². The van der Waals surface area contributed by atoms with Gasteiger partial charge in [-0.15, -0.1) is 0 Å². The smallest absolute Gasteiger partial charge is 0.115 e. The number of benzene rings is 2. The van der Waals surface area contributed by atoms with Gasteiger partial charge in [-0.1, -0.05) is 30.3 Å². The van der Waals surface area contributed by atoms with Crippen molar-refractivity contribution < 1.29 is 9.84 Å². The number of hydrogen-bond donors (Lipinski definition) is 1. The van der Waals surface area contributed by atoms with Gasteiger partial charge in [-0.3, -0.25) is 4.90 Å². The molecule has 3 rings (SSSR count). The summed E-state index contributed by atoms with van der Waals surface area (Å²) in [5.41, 5.74) is 2.54. The molecule has 4 nitrogen and oxygen atoms in total. The van der Waals surface area contributed by atoms with E-state index in [1.54, 1.807) is 12.1 Å². The van der Waals surface area contributed by atoms with Crippen molar-refractivity contribution in [3.05, 3.63) is 60.2 Å². The fourth-order valence-electron chi connectivity index (χ4n) is 3.22. The Morgan fingerprint density at radius 3 is 2.28 bits per heavy atom. The standard InChI is InChI=1S/C21H28N2O2/c24-21-9-7-20(8-10-21)23-15-13-22(14-16-23)12-4-17-25-18-11-19-5-2-1-3-6-19/h1-3,5-10,24H,4,11-18H2. The van der Waals surface area contributed by atoms with E-state index in [1.165, 1.54) is 11.3 Å². The third-order valence-electron chi connectivity index (χ3n) is 4.73. The minimum atomic E-state index is 0.328. The molecule has 1 aliphatic rings. The molecule has 0 amide bonds. The second-order valence-electron chi connectivity index (χ2n) is 6.55. The molecule has 0 unspecified atom stereocenters. The van der Waals surface area contributed by atoms with Gasteiger partial charge in [-0.2, -0.15) is 0 Å². The van der Waals surface area contributed by atoms with E-state index in [0.29, 0.717) is 5.75 Å². The molecule has 0 saturated carbocycles. The van der Waals surface area contributed by atoms with Gasteiger partial charge in [-0.25, -0.2) is 0 Å². The molecule has 0 radical (unpaired) electrons. The van der Waals surface area contributed by atoms with Crippen molar-refractivity contribution in [1.29, 1.82) is 0 Å². The predicted octanol–water partition coefficient (Wildman–Crippen LogP) is 3.16. The van der Waals surface area contributed by atoms with Crippen LogP contribution >= 0.6 is 0 Å². The van der Waals surface area contributed by atoms with Crippen LogP contribution in [-0.4, -0.2) is 55.9 Å². The van der Waals surface area contributed by atoms with Gasteiger partial charge in [0, 0.05) is 45.0 Å². The van der Waals surface area contributed by atoms with E-state index in [4.69, 9.17) is 4.74 Å². The highest BCUT2D eigenvalue weighted by molar-refractivity contribution is 5.49. The summed E-state index contributed by atoms with van der Waals surface area (Å²) in [5.74, 6) is 0.328. The van der Waals surface area contributed by atoms with E-state index in [2.05, 4.69) is 34.1 Å². The van der Waals surface area contributed by atoms with Crippen LogP contribution in [0.4, 0.5) is 5.69 Å². The number of anilines is 1. The first-order valence-electron chi connectivity index (χ1n) is 9.19. The van der Waals surface area contributed by atoms with Gasteiger partial charge in [0.1, 0.15) is 5.75 Å². The van der Waals surface area contributed by atoms with E-state index in [1.807, 2.05) is 18.2 Å². The molecule has 0 atom stereocenters. The number of phenolic OH excluding ortho intramolecular Hbond substituents is 1. The molecule has 1 N–H and O–H groups in total. The lowest BCUT2D eigenvalue weighted by atomic mass is 10.2. The lowest BCUT2D eigenvalue weighted by Crippen LogP contribution is -2.46. The van der Waals surface area contributed by atoms with Gasteiger partial charge < -0.3 is 14.7 Å². The quantitative estimate of drug-likeness (QED) is 0.749. The molecule has 0 aliphatic carbocycles. The summed E-state index contributed by atoms with van der Waals surface area (Å²) in [6, 6.07) is 18.0. The van der Waals surface area contributed by atoms with Crippen molar-refractivity contribution in [2.24, 2.45) is 0 Å². The zero-order valence-corrected chi connectivity index (χ0v) is 14.8. The Hall–Kier alpha value is -2.04. The van der Waals surface area contributed by atoms with Crippen LogP contribution in [0, 0.1) is 0 Å². The summed E-state index contributed by atoms with van der Waals surface area (Å²) in [4.78, 5) is 4.89. The lowest BCUT2D eigenvalue weighted by Gasteiger charge is -2.36. The Kier molecular flexibility index (Phi) is 6.71. The summed E-state index contributed by atoms with van der Waals surface area (Å²) in [5, 5.41) is 9.38. The van der Waals surface area contributed by atoms with Crippen molar-refractivity contribution >= 4 is 5.69 Å². The van der Waals surface area contributed by atoms with Crippen LogP contribution in [0.2, 0.25) is 0 Å². The first-order valence-corrected chi connectivity index (χ1v) is 9.19. The molecule has 0 aromatic heterocycles. The zero-order valence-electron chi connectivity index (χ0n) is 14.8. The first-order chi connectivity index (χ1) is 12.3. The van der Waals surface area contributed by atoms with E-state index in [0.717, 1.165) is 58.8 Å². The van der Waals surface area contributed by atoms with Crippen LogP contribution in [-0.2, 0) is 11.2 Å². The molecule has 1 fully saturated rings. The average Bonchev–Trinajstić information content (AvgIpc) is 2.67. The van der Waals surface area contributed by atoms with Crippen molar-refractivity contribution in [3.8, 4) is 5.75 Å². The molecule has 2 aromatic carbocycles. The van der Waals surface area contributed by atoms with Gasteiger partial charge >= 0.3 is 0 Å². The fraction of sp³-hybridized carbons (Fsp3) is 0.429. The third kappa shape index (κ3) is 5.76. The Balaban J connectivity index is 1.26. The van der Waals surface area contributed by atoms with Crippen LogP contribution in [0.3, 0.4) is 0 Å². The third-order valence-corrected chi connectivity index (χ3v) is 4.73. The van der Waals surface area contributed by atoms with Gasteiger partial charge in [0.05, 0.1) is 6.61 Å². The van der Waals surface area contributed by atoms with Crippen molar-refractivity contribution in [2.45, 2.75) is 12.8 Å². The molecular weight excluding hydrogens is 312 g/mol. The molecule has 0 bridgehead atoms. The second-order valence-corrected chi connectivity index (χ2v) is 6.55. The zero-order chi connectivity index (χ0) is 17.3. The van der Waals surface area contributed by atoms with Gasteiger partial charge in [-0.05, 0) is 42.7 Å². The minimum Gasteiger partial charge on any atom is -0.508 e. The Morgan fingerprint density at radius 1 is 0.840 bits per heavy atom. The van der Waals surface area contributed by atoms with Gasteiger partial charge in [0.25, 0.3) is 0 Å². The molecule has 1 saturated heterocycles. The number of hydrogen-bond acceptors (Lipinski definition) is 4. The Bertz CT molecular complexity index is 608. The Morgan fingerprint density at radius 2 is 1.56 bits per heavy atom. The van der Waals surface area contributed by atoms with Gasteiger partial charge in [0.2, 0.25) is 0 Å². The second kappa shape index (κ2) is 9.44.